The topological polar surface area (TPSA) is 90.9 Å². The number of carbonyl (C=O) groups is 1. The lowest BCUT2D eigenvalue weighted by Crippen LogP contribution is -2.37. The fraction of sp³-hybridized carbons (Fsp3) is 0.455. The monoisotopic (exact) mass is 497 g/mol. The first-order chi connectivity index (χ1) is 15.9. The van der Waals surface area contributed by atoms with Crippen molar-refractivity contribution < 1.29 is 18.0 Å². The summed E-state index contributed by atoms with van der Waals surface area (Å²) in [5.74, 6) is -0.572. The molecule has 0 aliphatic carbocycles. The van der Waals surface area contributed by atoms with Crippen LogP contribution in [0.25, 0.3) is 11.2 Å². The van der Waals surface area contributed by atoms with Gasteiger partial charge in [-0.15, -0.1) is 11.8 Å². The second-order valence-corrected chi connectivity index (χ2v) is 9.52. The van der Waals surface area contributed by atoms with Gasteiger partial charge in [0.2, 0.25) is 5.91 Å². The van der Waals surface area contributed by atoms with Crippen LogP contribution in [0, 0.1) is 0 Å². The number of halogens is 3. The Hall–Kier alpha value is -3.02. The van der Waals surface area contributed by atoms with Crippen molar-refractivity contribution in [2.24, 2.45) is 14.1 Å². The van der Waals surface area contributed by atoms with E-state index in [9.17, 15) is 27.6 Å². The third-order valence-electron chi connectivity index (χ3n) is 5.50. The summed E-state index contributed by atoms with van der Waals surface area (Å²) in [6, 6.07) is 3.91. The summed E-state index contributed by atoms with van der Waals surface area (Å²) in [6.07, 6.45) is -2.20. The number of imidazole rings is 1. The number of aryl methyl sites for hydroxylation is 2. The van der Waals surface area contributed by atoms with E-state index in [1.54, 1.807) is 6.07 Å². The third kappa shape index (κ3) is 5.37. The summed E-state index contributed by atoms with van der Waals surface area (Å²) < 4.78 is 44.5. The van der Waals surface area contributed by atoms with Gasteiger partial charge in [-0.2, -0.15) is 13.2 Å². The highest BCUT2D eigenvalue weighted by Gasteiger charge is 2.34. The zero-order valence-corrected chi connectivity index (χ0v) is 20.1. The van der Waals surface area contributed by atoms with Crippen molar-refractivity contribution in [1.82, 2.24) is 18.7 Å². The van der Waals surface area contributed by atoms with E-state index in [-0.39, 0.29) is 41.5 Å². The highest BCUT2D eigenvalue weighted by Crippen LogP contribution is 2.38. The fourth-order valence-electron chi connectivity index (χ4n) is 3.45. The second kappa shape index (κ2) is 10.1. The molecular weight excluding hydrogens is 471 g/mol. The van der Waals surface area contributed by atoms with E-state index in [0.29, 0.717) is 4.90 Å². The lowest BCUT2D eigenvalue weighted by molar-refractivity contribution is -0.137. The predicted octanol–water partition coefficient (Wildman–Crippen LogP) is 3.76. The molecule has 0 spiro atoms. The minimum absolute atomic E-state index is 0.0631. The molecule has 0 radical (unpaired) electrons. The first kappa shape index (κ1) is 25.6. The molecule has 1 aromatic carbocycles. The molecule has 8 nitrogen and oxygen atoms in total. The van der Waals surface area contributed by atoms with Crippen LogP contribution in [-0.2, 0) is 31.6 Å². The predicted molar refractivity (Wildman–Crippen MR) is 125 cm³/mol. The van der Waals surface area contributed by atoms with Crippen molar-refractivity contribution in [3.63, 3.8) is 0 Å². The maximum atomic E-state index is 13.6. The first-order valence-corrected chi connectivity index (χ1v) is 11.6. The van der Waals surface area contributed by atoms with Gasteiger partial charge < -0.3 is 9.88 Å². The smallest absolute Gasteiger partial charge is 0.326 e. The zero-order valence-electron chi connectivity index (χ0n) is 19.3. The molecule has 2 aromatic heterocycles. The number of benzene rings is 1. The van der Waals surface area contributed by atoms with Crippen LogP contribution in [0.4, 0.5) is 18.9 Å². The van der Waals surface area contributed by atoms with Gasteiger partial charge in [-0.1, -0.05) is 13.8 Å². The van der Waals surface area contributed by atoms with Gasteiger partial charge in [0.15, 0.2) is 11.2 Å². The van der Waals surface area contributed by atoms with Gasteiger partial charge in [-0.25, -0.2) is 9.78 Å². The van der Waals surface area contributed by atoms with Gasteiger partial charge in [0, 0.05) is 37.2 Å². The zero-order chi connectivity index (χ0) is 25.2. The maximum Gasteiger partial charge on any atom is 0.418 e. The van der Waals surface area contributed by atoms with Crippen molar-refractivity contribution in [2.75, 3.05) is 5.32 Å². The molecule has 0 bridgehead atoms. The van der Waals surface area contributed by atoms with E-state index in [1.165, 1.54) is 47.4 Å². The number of nitrogens with zero attached hydrogens (tertiary/aromatic N) is 4. The van der Waals surface area contributed by atoms with E-state index in [1.807, 2.05) is 13.8 Å². The highest BCUT2D eigenvalue weighted by molar-refractivity contribution is 7.99. The van der Waals surface area contributed by atoms with Crippen LogP contribution in [0.3, 0.4) is 0 Å². The Bertz CT molecular complexity index is 1330. The van der Waals surface area contributed by atoms with Crippen LogP contribution in [-0.4, -0.2) is 29.8 Å². The lowest BCUT2D eigenvalue weighted by Gasteiger charge is -2.16. The first-order valence-electron chi connectivity index (χ1n) is 10.7. The van der Waals surface area contributed by atoms with E-state index in [0.717, 1.165) is 17.1 Å². The summed E-state index contributed by atoms with van der Waals surface area (Å²) in [5.41, 5.74) is -1.75. The number of carbonyl (C=O) groups excluding carboxylic acids is 1. The summed E-state index contributed by atoms with van der Waals surface area (Å²) in [6.45, 7) is 4.13. The molecule has 0 aliphatic rings. The van der Waals surface area contributed by atoms with Crippen LogP contribution < -0.4 is 16.6 Å². The van der Waals surface area contributed by atoms with Crippen molar-refractivity contribution in [1.29, 1.82) is 0 Å². The van der Waals surface area contributed by atoms with E-state index in [2.05, 4.69) is 10.3 Å². The molecule has 1 unspecified atom stereocenters. The molecule has 184 valence electrons. The molecule has 3 aromatic rings. The van der Waals surface area contributed by atoms with E-state index >= 15 is 0 Å². The SMILES string of the molecule is CCC(C)Sc1ccc(NC(=O)CCCn2cnc3c2c(=O)n(C)c(=O)n3C)c(C(F)(F)F)c1. The number of thioether (sulfide) groups is 1. The van der Waals surface area contributed by atoms with Gasteiger partial charge in [0.1, 0.15) is 0 Å². The quantitative estimate of drug-likeness (QED) is 0.479. The van der Waals surface area contributed by atoms with Crippen LogP contribution in [0.15, 0.2) is 39.0 Å². The van der Waals surface area contributed by atoms with Crippen molar-refractivity contribution in [3.8, 4) is 0 Å². The van der Waals surface area contributed by atoms with Crippen molar-refractivity contribution in [2.45, 2.75) is 56.0 Å². The van der Waals surface area contributed by atoms with Crippen LogP contribution in [0.5, 0.6) is 0 Å². The number of rotatable bonds is 8. The number of anilines is 1. The molecule has 1 N–H and O–H groups in total. The summed E-state index contributed by atoms with van der Waals surface area (Å²) in [4.78, 5) is 41.5. The minimum atomic E-state index is -4.61. The number of alkyl halides is 3. The van der Waals surface area contributed by atoms with Crippen molar-refractivity contribution >= 4 is 34.5 Å². The highest BCUT2D eigenvalue weighted by atomic mass is 32.2. The molecule has 3 rings (SSSR count). The number of hydrogen-bond donors (Lipinski definition) is 1. The summed E-state index contributed by atoms with van der Waals surface area (Å²) >= 11 is 1.35. The Morgan fingerprint density at radius 2 is 1.91 bits per heavy atom. The van der Waals surface area contributed by atoms with Gasteiger partial charge >= 0.3 is 11.9 Å². The largest absolute Gasteiger partial charge is 0.418 e. The van der Waals surface area contributed by atoms with Crippen LogP contribution in [0.1, 0.15) is 38.7 Å². The number of aromatic nitrogens is 4. The van der Waals surface area contributed by atoms with Crippen LogP contribution >= 0.6 is 11.8 Å². The standard InChI is InChI=1S/C22H26F3N5O3S/c1-5-13(2)34-14-8-9-16(15(11-14)22(23,24)25)27-17(31)7-6-10-30-12-26-19-18(30)20(32)29(4)21(33)28(19)3/h8-9,11-13H,5-7,10H2,1-4H3,(H,27,31). The van der Waals surface area contributed by atoms with Gasteiger partial charge in [-0.05, 0) is 31.0 Å². The molecule has 12 heteroatoms. The normalized spacial score (nSPS) is 12.8. The molecule has 1 amide bonds. The van der Waals surface area contributed by atoms with E-state index in [4.69, 9.17) is 0 Å². The Morgan fingerprint density at radius 3 is 2.56 bits per heavy atom. The molecule has 0 aliphatic heterocycles. The number of hydrogen-bond acceptors (Lipinski definition) is 5. The Balaban J connectivity index is 1.71. The number of amides is 1. The molecule has 0 saturated heterocycles. The Labute approximate surface area is 197 Å². The Morgan fingerprint density at radius 1 is 1.21 bits per heavy atom. The number of nitrogens with one attached hydrogen (secondary N) is 1. The molecule has 34 heavy (non-hydrogen) atoms. The molecule has 0 saturated carbocycles. The maximum absolute atomic E-state index is 13.6. The third-order valence-corrected chi connectivity index (χ3v) is 6.76. The minimum Gasteiger partial charge on any atom is -0.326 e. The van der Waals surface area contributed by atoms with Crippen molar-refractivity contribution in [3.05, 3.63) is 50.9 Å². The fourth-order valence-corrected chi connectivity index (χ4v) is 4.41. The molecule has 2 heterocycles. The second-order valence-electron chi connectivity index (χ2n) is 8.01. The van der Waals surface area contributed by atoms with Gasteiger partial charge in [0.05, 0.1) is 17.6 Å². The summed E-state index contributed by atoms with van der Waals surface area (Å²) in [7, 11) is 2.86. The van der Waals surface area contributed by atoms with Gasteiger partial charge in [0.25, 0.3) is 5.56 Å². The molecule has 0 fully saturated rings. The molecule has 1 atom stereocenters. The van der Waals surface area contributed by atoms with Crippen LogP contribution in [0.2, 0.25) is 0 Å². The average molecular weight is 498 g/mol. The van der Waals surface area contributed by atoms with E-state index < -0.39 is 28.9 Å². The number of fused-ring (bicyclic) bond motifs is 1. The summed E-state index contributed by atoms with van der Waals surface area (Å²) in [5, 5.41) is 2.53. The lowest BCUT2D eigenvalue weighted by atomic mass is 10.1. The average Bonchev–Trinajstić information content (AvgIpc) is 3.20. The Kier molecular flexibility index (Phi) is 7.59. The molecular formula is C22H26F3N5O3S. The van der Waals surface area contributed by atoms with Gasteiger partial charge in [-0.3, -0.25) is 18.7 Å².